The smallest absolute Gasteiger partial charge is 0.217 e. The standard InChI is InChI=1S/C70H117N5O50/c1-16-36(87)48(99)52(103)66(110-16)108-15-30-57(45(96)31(61(106)111-30)71-17(2)82)120-64-34(74-20(5)85)46(97)56(27(12-81)116-64)122-68-54(105)58(123-70-60(50(101)40(91)25(10-79)115-70)125-63-33(73-19(4)84)44(95)38(89)23(8-77)113-63)42(93)29(118-68)14-109-69-59(51(102)41(92)28(119-69)13-107-62-32(72-18(3)83)43(94)37(88)22(7-76)112-62)124-65-35(75-21(6)86)47(98)55(26(11-80)117-65)121-67-53(104)49(100)39(90)24(9-78)114-67/h16,22-70,76-81,87-106H,7-15H2,1-6H3,(H,71,82)(H,72,83)(H,73,84)(H,74,85)(H,75,86)/t16-,22+,23+,24+,25+,26+,27+,28+,29+,30+,31+,32+,33+,34+,35+,36+,37+,38+,39-,40+,41+,42+,43+,44+,45+,46+,47+,48-,49-,50-,51-,52-,53+,54-,55+,56+,57+,58-,59-,60-,61+,62+,63-,64-,65-,66+,67-,68-,69-,70+/m0/s1. The summed E-state index contributed by atoms with van der Waals surface area (Å²) in [5.74, 6) is -4.57. The highest BCUT2D eigenvalue weighted by Gasteiger charge is 2.61. The minimum Gasteiger partial charge on any atom is -0.394 e. The van der Waals surface area contributed by atoms with Gasteiger partial charge in [0.15, 0.2) is 62.9 Å². The molecule has 10 aliphatic rings. The van der Waals surface area contributed by atoms with Crippen LogP contribution in [-0.2, 0) is 114 Å². The molecule has 55 heteroatoms. The molecule has 10 aliphatic heterocycles. The van der Waals surface area contributed by atoms with Crippen molar-refractivity contribution in [3.8, 4) is 0 Å². The molecule has 10 fully saturated rings. The molecule has 5 amide bonds. The van der Waals surface area contributed by atoms with Gasteiger partial charge in [-0.25, -0.2) is 0 Å². The van der Waals surface area contributed by atoms with Crippen molar-refractivity contribution in [3.63, 3.8) is 0 Å². The van der Waals surface area contributed by atoms with Crippen LogP contribution in [0.1, 0.15) is 41.5 Å². The van der Waals surface area contributed by atoms with E-state index in [9.17, 15) is 157 Å². The SMILES string of the molecule is CC(=O)N[C@@H]1[C@@H](O)[C@H](O[C@@H]2O[C@H](CO)[C@@H](O[C@@H]3O[C@H](CO[C@H]4O[C@H](CO[C@@H]5O[C@H](CO)[C@@H](O)[C@H](O)[C@H]5NC(C)=O)[C@@H](O)[C@H](O)[C@@H]4O[C@@H]4O[C@H](CO)[C@@H](O[C@@H]5O[C@H](CO)[C@H](O)[C@H](O)[C@H]5O)[C@H](O)[C@H]4NC(C)=O)[C@@H](O)[C@H](O[C@H]4O[C@H](CO)[C@@H](O)[C@H](O)[C@@H]4O[C@@H]4O[C@H](CO)[C@@H](O)[C@H](O)[C@H]4NC(C)=O)[C@@H]3O)[C@H](O)[C@H]2NC(C)=O)[C@@H](CO[C@@H]2O[C@@H](C)[C@@H](O)[C@H](O)[C@@H]2O)O[C@H]1O. The quantitative estimate of drug-likeness (QED) is 0.0297. The maximum atomic E-state index is 13.3. The Kier molecular flexibility index (Phi) is 36.8. The number of aliphatic hydroxyl groups excluding tert-OH is 26. The molecule has 10 heterocycles. The van der Waals surface area contributed by atoms with Crippen molar-refractivity contribution in [2.75, 3.05) is 59.5 Å². The van der Waals surface area contributed by atoms with Crippen molar-refractivity contribution in [3.05, 3.63) is 0 Å². The molecule has 125 heavy (non-hydrogen) atoms. The summed E-state index contributed by atoms with van der Waals surface area (Å²) in [4.78, 5) is 64.0. The van der Waals surface area contributed by atoms with Gasteiger partial charge in [-0.2, -0.15) is 0 Å². The second-order valence-corrected chi connectivity index (χ2v) is 31.8. The van der Waals surface area contributed by atoms with E-state index < -0.39 is 396 Å². The Labute approximate surface area is 708 Å². The first-order valence-electron chi connectivity index (χ1n) is 40.0. The summed E-state index contributed by atoms with van der Waals surface area (Å²) in [6.07, 6.45) is -93.6. The van der Waals surface area contributed by atoms with Crippen LogP contribution in [0.3, 0.4) is 0 Å². The van der Waals surface area contributed by atoms with Gasteiger partial charge in [0.05, 0.1) is 65.6 Å². The van der Waals surface area contributed by atoms with Gasteiger partial charge in [-0.3, -0.25) is 24.0 Å². The topological polar surface area (TPSA) is 847 Å². The van der Waals surface area contributed by atoms with Crippen molar-refractivity contribution in [2.24, 2.45) is 0 Å². The second kappa shape index (κ2) is 44.9. The lowest BCUT2D eigenvalue weighted by atomic mass is 9.93. The molecule has 31 N–H and O–H groups in total. The third kappa shape index (κ3) is 23.3. The van der Waals surface area contributed by atoms with Crippen molar-refractivity contribution < 1.29 is 247 Å². The normalized spacial score (nSPS) is 48.7. The summed E-state index contributed by atoms with van der Waals surface area (Å²) in [5, 5.41) is 304. The molecule has 10 rings (SSSR count). The largest absolute Gasteiger partial charge is 0.394 e. The van der Waals surface area contributed by atoms with E-state index >= 15 is 0 Å². The van der Waals surface area contributed by atoms with Gasteiger partial charge in [0.1, 0.15) is 238 Å². The first-order valence-corrected chi connectivity index (χ1v) is 40.0. The van der Waals surface area contributed by atoms with Crippen LogP contribution in [0.2, 0.25) is 0 Å². The Morgan fingerprint density at radius 1 is 0.224 bits per heavy atom. The fourth-order valence-electron chi connectivity index (χ4n) is 16.1. The predicted octanol–water partition coefficient (Wildman–Crippen LogP) is -21.1. The van der Waals surface area contributed by atoms with Crippen molar-refractivity contribution >= 4 is 29.5 Å². The number of carbonyl (C=O) groups is 5. The van der Waals surface area contributed by atoms with Crippen LogP contribution in [0.15, 0.2) is 0 Å². The minimum absolute atomic E-state index is 0.830. The maximum Gasteiger partial charge on any atom is 0.217 e. The molecule has 0 unspecified atom stereocenters. The van der Waals surface area contributed by atoms with Crippen molar-refractivity contribution in [1.29, 1.82) is 0 Å². The lowest BCUT2D eigenvalue weighted by Crippen LogP contribution is -2.71. The molecule has 0 aliphatic carbocycles. The van der Waals surface area contributed by atoms with E-state index in [0.717, 1.165) is 34.6 Å². The van der Waals surface area contributed by atoms with E-state index in [-0.39, 0.29) is 0 Å². The zero-order chi connectivity index (χ0) is 92.1. The van der Waals surface area contributed by atoms with Gasteiger partial charge in [-0.1, -0.05) is 0 Å². The average Bonchev–Trinajstić information content (AvgIpc) is 0.764. The zero-order valence-corrected chi connectivity index (χ0v) is 67.7. The first kappa shape index (κ1) is 103. The van der Waals surface area contributed by atoms with Crippen LogP contribution in [0.25, 0.3) is 0 Å². The summed E-state index contributed by atoms with van der Waals surface area (Å²) in [5.41, 5.74) is 0. The molecule has 10 saturated heterocycles. The molecule has 0 saturated carbocycles. The van der Waals surface area contributed by atoms with Gasteiger partial charge in [0, 0.05) is 34.6 Å². The molecule has 0 aromatic heterocycles. The van der Waals surface area contributed by atoms with Gasteiger partial charge in [0.25, 0.3) is 0 Å². The highest BCUT2D eigenvalue weighted by molar-refractivity contribution is 5.75. The predicted molar refractivity (Wildman–Crippen MR) is 386 cm³/mol. The highest BCUT2D eigenvalue weighted by Crippen LogP contribution is 2.40. The summed E-state index contributed by atoms with van der Waals surface area (Å²) in [7, 11) is 0. The van der Waals surface area contributed by atoms with Crippen molar-refractivity contribution in [1.82, 2.24) is 26.6 Å². The molecule has 0 bridgehead atoms. The number of amides is 5. The Hall–Kier alpha value is -4.45. The molecule has 0 aromatic carbocycles. The van der Waals surface area contributed by atoms with E-state index in [4.69, 9.17) is 90.0 Å². The number of ether oxygens (including phenoxy) is 19. The molecule has 55 nitrogen and oxygen atoms in total. The number of carbonyl (C=O) groups excluding carboxylic acids is 5. The molecule has 0 aromatic rings. The molecule has 722 valence electrons. The lowest BCUT2D eigenvalue weighted by molar-refractivity contribution is -0.397. The summed E-state index contributed by atoms with van der Waals surface area (Å²) >= 11 is 0. The second-order valence-electron chi connectivity index (χ2n) is 31.8. The van der Waals surface area contributed by atoms with Gasteiger partial charge in [-0.15, -0.1) is 0 Å². The zero-order valence-electron chi connectivity index (χ0n) is 67.7. The van der Waals surface area contributed by atoms with Crippen molar-refractivity contribution in [2.45, 2.75) is 348 Å². The Morgan fingerprint density at radius 2 is 0.504 bits per heavy atom. The highest BCUT2D eigenvalue weighted by atomic mass is 16.8. The minimum atomic E-state index is -2.63. The van der Waals surface area contributed by atoms with Gasteiger partial charge < -0.3 is 249 Å². The molecular weight excluding hydrogens is 1710 g/mol. The number of hydrogen-bond donors (Lipinski definition) is 31. The Morgan fingerprint density at radius 3 is 0.968 bits per heavy atom. The van der Waals surface area contributed by atoms with Crippen LogP contribution in [-0.4, -0.2) is 529 Å². The van der Waals surface area contributed by atoms with Gasteiger partial charge in [-0.05, 0) is 6.92 Å². The van der Waals surface area contributed by atoms with E-state index in [1.807, 2.05) is 0 Å². The summed E-state index contributed by atoms with van der Waals surface area (Å²) in [6, 6.07) is -9.32. The third-order valence-corrected chi connectivity index (χ3v) is 22.8. The van der Waals surface area contributed by atoms with Crippen LogP contribution in [0, 0.1) is 0 Å². The van der Waals surface area contributed by atoms with E-state index in [0.29, 0.717) is 0 Å². The molecule has 0 spiro atoms. The molecular formula is C70H117N5O50. The van der Waals surface area contributed by atoms with Crippen LogP contribution < -0.4 is 26.6 Å². The summed E-state index contributed by atoms with van der Waals surface area (Å²) in [6.45, 7) is -3.76. The lowest BCUT2D eigenvalue weighted by Gasteiger charge is -2.51. The van der Waals surface area contributed by atoms with Crippen LogP contribution in [0.4, 0.5) is 0 Å². The molecule has 50 atom stereocenters. The Balaban J connectivity index is 1.02. The summed E-state index contributed by atoms with van der Waals surface area (Å²) < 4.78 is 114. The third-order valence-electron chi connectivity index (χ3n) is 22.8. The van der Waals surface area contributed by atoms with Gasteiger partial charge in [0.2, 0.25) is 29.5 Å². The van der Waals surface area contributed by atoms with Gasteiger partial charge >= 0.3 is 0 Å². The first-order chi connectivity index (χ1) is 59.0. The van der Waals surface area contributed by atoms with Crippen LogP contribution >= 0.6 is 0 Å². The number of nitrogens with one attached hydrogen (secondary N) is 5. The molecule has 0 radical (unpaired) electrons. The average molecular weight is 1830 g/mol. The fraction of sp³-hybridized carbons (Fsp3) is 0.929. The number of hydrogen-bond acceptors (Lipinski definition) is 50. The van der Waals surface area contributed by atoms with E-state index in [1.54, 1.807) is 0 Å². The monoisotopic (exact) mass is 1830 g/mol. The Bertz CT molecular complexity index is 3420. The number of rotatable bonds is 32. The van der Waals surface area contributed by atoms with E-state index in [1.165, 1.54) is 6.92 Å². The fourth-order valence-corrected chi connectivity index (χ4v) is 16.1. The maximum absolute atomic E-state index is 13.3. The van der Waals surface area contributed by atoms with E-state index in [2.05, 4.69) is 26.6 Å². The number of aliphatic hydroxyl groups is 26. The van der Waals surface area contributed by atoms with Crippen LogP contribution in [0.5, 0.6) is 0 Å².